The quantitative estimate of drug-likeness (QED) is 0.269. The maximum absolute atomic E-state index is 16.9. The molecule has 7 heterocycles. The van der Waals surface area contributed by atoms with Gasteiger partial charge in [-0.15, -0.1) is 6.42 Å². The van der Waals surface area contributed by atoms with Crippen LogP contribution in [0.2, 0.25) is 0 Å². The van der Waals surface area contributed by atoms with Crippen molar-refractivity contribution >= 4 is 27.5 Å². The van der Waals surface area contributed by atoms with Gasteiger partial charge in [-0.05, 0) is 73.0 Å². The number of phenolic OH excluding ortho intramolecular Hbond substituents is 1. The van der Waals surface area contributed by atoms with Crippen molar-refractivity contribution in [2.45, 2.75) is 49.9 Å². The van der Waals surface area contributed by atoms with Gasteiger partial charge in [0.1, 0.15) is 29.4 Å². The predicted molar refractivity (Wildman–Crippen MR) is 173 cm³/mol. The van der Waals surface area contributed by atoms with E-state index in [0.29, 0.717) is 51.8 Å². The van der Waals surface area contributed by atoms with E-state index in [9.17, 15) is 5.11 Å². The summed E-state index contributed by atoms with van der Waals surface area (Å²) in [6, 6.07) is 11.5. The molecule has 2 aromatic carbocycles. The minimum absolute atomic E-state index is 0.00548. The van der Waals surface area contributed by atoms with Gasteiger partial charge in [0.15, 0.2) is 5.82 Å². The number of hydrogen-bond donors (Lipinski definition) is 2. The molecule has 3 saturated heterocycles. The number of terminal acetylenes is 1. The first-order valence-corrected chi connectivity index (χ1v) is 15.9. The first-order valence-electron chi connectivity index (χ1n) is 15.9. The number of phenols is 1. The molecule has 3 aromatic heterocycles. The van der Waals surface area contributed by atoms with E-state index in [0.717, 1.165) is 51.9 Å². The van der Waals surface area contributed by atoms with E-state index in [1.165, 1.54) is 17.2 Å². The van der Waals surface area contributed by atoms with Gasteiger partial charge in [0.25, 0.3) is 0 Å². The first-order chi connectivity index (χ1) is 22.5. The SMILES string of the molecule is C#Cc1cccc2cc(O)cc(-c3ncc4c(N5C[C@H]6CC[C@@H](C5)N6)nc(OCC56CCCN5Cc5cnccc56)nc4c3F)c12. The van der Waals surface area contributed by atoms with E-state index in [1.807, 2.05) is 24.5 Å². The number of halogens is 1. The number of benzene rings is 2. The fraction of sp³-hybridized carbons (Fsp3) is 0.333. The zero-order valence-electron chi connectivity index (χ0n) is 25.2. The van der Waals surface area contributed by atoms with Gasteiger partial charge in [-0.1, -0.05) is 18.1 Å². The van der Waals surface area contributed by atoms with Gasteiger partial charge in [-0.25, -0.2) is 4.39 Å². The van der Waals surface area contributed by atoms with Crippen LogP contribution in [0, 0.1) is 18.2 Å². The lowest BCUT2D eigenvalue weighted by atomic mass is 9.89. The number of rotatable bonds is 5. The van der Waals surface area contributed by atoms with Crippen LogP contribution in [0.3, 0.4) is 0 Å². The lowest BCUT2D eigenvalue weighted by Crippen LogP contribution is -2.51. The molecule has 4 aliphatic rings. The van der Waals surface area contributed by atoms with E-state index in [1.54, 1.807) is 18.3 Å². The molecule has 9 nitrogen and oxygen atoms in total. The van der Waals surface area contributed by atoms with Crippen LogP contribution in [0.5, 0.6) is 11.8 Å². The summed E-state index contributed by atoms with van der Waals surface area (Å²) in [5.41, 5.74) is 3.34. The zero-order valence-corrected chi connectivity index (χ0v) is 25.2. The molecule has 0 amide bonds. The van der Waals surface area contributed by atoms with Crippen molar-refractivity contribution in [3.05, 3.63) is 77.5 Å². The van der Waals surface area contributed by atoms with Gasteiger partial charge in [0.05, 0.1) is 10.9 Å². The topological polar surface area (TPSA) is 99.5 Å². The van der Waals surface area contributed by atoms with E-state index < -0.39 is 5.82 Å². The molecular formula is C36H32FN7O2. The molecule has 3 atom stereocenters. The summed E-state index contributed by atoms with van der Waals surface area (Å²) >= 11 is 0. The minimum Gasteiger partial charge on any atom is -0.508 e. The van der Waals surface area contributed by atoms with Gasteiger partial charge < -0.3 is 20.1 Å². The third-order valence-electron chi connectivity index (χ3n) is 10.4. The van der Waals surface area contributed by atoms with E-state index >= 15 is 4.39 Å². The predicted octanol–water partition coefficient (Wildman–Crippen LogP) is 4.89. The number of nitrogens with zero attached hydrogens (tertiary/aromatic N) is 6. The molecule has 0 aliphatic carbocycles. The first kappa shape index (κ1) is 27.5. The van der Waals surface area contributed by atoms with Crippen LogP contribution in [0.4, 0.5) is 10.2 Å². The molecule has 1 unspecified atom stereocenters. The Morgan fingerprint density at radius 1 is 1.13 bits per heavy atom. The molecule has 0 saturated carbocycles. The standard InChI is InChI=1S/C36H32FN7O2/c1-2-21-5-3-6-22-13-26(45)14-27(30(21)22)32-31(37)33-28(16-39-32)34(43-18-24-7-8-25(19-43)40-24)42-35(41-33)46-20-36-10-4-12-44(36)17-23-15-38-11-9-29(23)36/h1,3,5-6,9,11,13-16,24-25,40,45H,4,7-8,10,12,17-20H2/t24-,25+,36?. The van der Waals surface area contributed by atoms with Crippen molar-refractivity contribution in [3.63, 3.8) is 0 Å². The second-order valence-electron chi connectivity index (χ2n) is 13.0. The molecule has 2 N–H and O–H groups in total. The highest BCUT2D eigenvalue weighted by Gasteiger charge is 2.49. The molecule has 0 spiro atoms. The normalized spacial score (nSPS) is 23.5. The van der Waals surface area contributed by atoms with Gasteiger partial charge >= 0.3 is 6.01 Å². The van der Waals surface area contributed by atoms with Gasteiger partial charge in [0.2, 0.25) is 0 Å². The summed E-state index contributed by atoms with van der Waals surface area (Å²) in [5, 5.41) is 16.1. The summed E-state index contributed by atoms with van der Waals surface area (Å²) in [7, 11) is 0. The Labute approximate surface area is 265 Å². The highest BCUT2D eigenvalue weighted by atomic mass is 19.1. The van der Waals surface area contributed by atoms with Crippen molar-refractivity contribution in [2.24, 2.45) is 0 Å². The fourth-order valence-corrected chi connectivity index (χ4v) is 8.31. The van der Waals surface area contributed by atoms with Gasteiger partial charge in [0, 0.05) is 66.8 Å². The molecule has 5 aromatic rings. The summed E-state index contributed by atoms with van der Waals surface area (Å²) in [4.78, 5) is 23.3. The van der Waals surface area contributed by atoms with Crippen molar-refractivity contribution in [2.75, 3.05) is 31.1 Å². The Hall–Kier alpha value is -4.85. The number of hydrogen-bond acceptors (Lipinski definition) is 9. The zero-order chi connectivity index (χ0) is 31.0. The molecular weight excluding hydrogens is 581 g/mol. The minimum atomic E-state index is -0.610. The largest absolute Gasteiger partial charge is 0.508 e. The van der Waals surface area contributed by atoms with E-state index in [-0.39, 0.29) is 28.5 Å². The average molecular weight is 614 g/mol. The van der Waals surface area contributed by atoms with Crippen LogP contribution in [0.1, 0.15) is 42.4 Å². The number of anilines is 1. The Morgan fingerprint density at radius 3 is 2.85 bits per heavy atom. The number of fused-ring (bicyclic) bond motifs is 7. The monoisotopic (exact) mass is 613 g/mol. The number of piperazine rings is 1. The Balaban J connectivity index is 1.19. The summed E-state index contributed by atoms with van der Waals surface area (Å²) < 4.78 is 23.4. The third-order valence-corrected chi connectivity index (χ3v) is 10.4. The van der Waals surface area contributed by atoms with Crippen LogP contribution >= 0.6 is 0 Å². The molecule has 10 heteroatoms. The van der Waals surface area contributed by atoms with E-state index in [4.69, 9.17) is 21.1 Å². The second-order valence-corrected chi connectivity index (χ2v) is 13.0. The smallest absolute Gasteiger partial charge is 0.319 e. The van der Waals surface area contributed by atoms with Gasteiger partial charge in [-0.2, -0.15) is 9.97 Å². The lowest BCUT2D eigenvalue weighted by molar-refractivity contribution is 0.0826. The number of nitrogens with one attached hydrogen (secondary N) is 1. The molecule has 0 radical (unpaired) electrons. The number of aromatic hydroxyl groups is 1. The number of ether oxygens (including phenoxy) is 1. The number of aromatic nitrogens is 4. The summed E-state index contributed by atoms with van der Waals surface area (Å²) in [6.07, 6.45) is 15.5. The van der Waals surface area contributed by atoms with Crippen molar-refractivity contribution in [1.29, 1.82) is 0 Å². The molecule has 2 bridgehead atoms. The fourth-order valence-electron chi connectivity index (χ4n) is 8.31. The Morgan fingerprint density at radius 2 is 2.00 bits per heavy atom. The van der Waals surface area contributed by atoms with Crippen molar-refractivity contribution in [3.8, 4) is 35.4 Å². The summed E-state index contributed by atoms with van der Waals surface area (Å²) in [6.45, 7) is 3.68. The second kappa shape index (κ2) is 10.3. The molecule has 46 heavy (non-hydrogen) atoms. The van der Waals surface area contributed by atoms with Crippen LogP contribution in [-0.4, -0.2) is 68.3 Å². The highest BCUT2D eigenvalue weighted by molar-refractivity contribution is 6.02. The lowest BCUT2D eigenvalue weighted by Gasteiger charge is -2.35. The highest BCUT2D eigenvalue weighted by Crippen LogP contribution is 2.47. The maximum Gasteiger partial charge on any atom is 0.319 e. The maximum atomic E-state index is 16.9. The van der Waals surface area contributed by atoms with Gasteiger partial charge in [-0.3, -0.25) is 14.9 Å². The Kier molecular flexibility index (Phi) is 6.17. The third kappa shape index (κ3) is 4.15. The van der Waals surface area contributed by atoms with Crippen LogP contribution in [0.25, 0.3) is 32.9 Å². The van der Waals surface area contributed by atoms with Crippen LogP contribution in [-0.2, 0) is 12.1 Å². The van der Waals surface area contributed by atoms with E-state index in [2.05, 4.69) is 37.1 Å². The number of pyridine rings is 2. The molecule has 3 fully saturated rings. The molecule has 9 rings (SSSR count). The average Bonchev–Trinajstić information content (AvgIpc) is 3.73. The van der Waals surface area contributed by atoms with Crippen LogP contribution < -0.4 is 15.0 Å². The van der Waals surface area contributed by atoms with Crippen molar-refractivity contribution in [1.82, 2.24) is 30.2 Å². The molecule has 4 aliphatic heterocycles. The van der Waals surface area contributed by atoms with Crippen LogP contribution in [0.15, 0.2) is 55.0 Å². The molecule has 230 valence electrons. The van der Waals surface area contributed by atoms with Crippen molar-refractivity contribution < 1.29 is 14.2 Å². The Bertz CT molecular complexity index is 2090. The summed E-state index contributed by atoms with van der Waals surface area (Å²) in [5.74, 6) is 2.71.